The Hall–Kier alpha value is -1.65. The summed E-state index contributed by atoms with van der Waals surface area (Å²) < 4.78 is 26.7. The maximum absolute atomic E-state index is 12.0. The van der Waals surface area contributed by atoms with Crippen molar-refractivity contribution < 1.29 is 8.42 Å². The van der Waals surface area contributed by atoms with Crippen LogP contribution < -0.4 is 15.4 Å². The van der Waals surface area contributed by atoms with Gasteiger partial charge in [0.15, 0.2) is 5.96 Å². The molecule has 0 bridgehead atoms. The van der Waals surface area contributed by atoms with Gasteiger partial charge in [0.25, 0.3) is 0 Å². The van der Waals surface area contributed by atoms with Gasteiger partial charge in [-0.3, -0.25) is 0 Å². The van der Waals surface area contributed by atoms with Crippen molar-refractivity contribution in [2.24, 2.45) is 4.99 Å². The minimum atomic E-state index is -3.31. The third-order valence-electron chi connectivity index (χ3n) is 4.11. The summed E-state index contributed by atoms with van der Waals surface area (Å²) in [4.78, 5) is 4.62. The lowest BCUT2D eigenvalue weighted by Gasteiger charge is -2.12. The molecule has 166 valence electrons. The second-order valence-corrected chi connectivity index (χ2v) is 8.96. The Morgan fingerprint density at radius 1 is 0.933 bits per heavy atom. The molecule has 0 atom stereocenters. The molecule has 3 N–H and O–H groups in total. The van der Waals surface area contributed by atoms with Crippen molar-refractivity contribution in [2.75, 3.05) is 13.1 Å². The average Bonchev–Trinajstić information content (AvgIpc) is 2.67. The number of sulfonamides is 1. The fourth-order valence-electron chi connectivity index (χ4n) is 2.84. The highest BCUT2D eigenvalue weighted by atomic mass is 127. The van der Waals surface area contributed by atoms with E-state index in [9.17, 15) is 8.42 Å². The number of rotatable bonds is 10. The molecule has 0 spiro atoms. The summed E-state index contributed by atoms with van der Waals surface area (Å²) in [7, 11) is -3.31. The summed E-state index contributed by atoms with van der Waals surface area (Å²) in [6.45, 7) is 7.78. The molecule has 0 aliphatic heterocycles. The van der Waals surface area contributed by atoms with Gasteiger partial charge in [-0.2, -0.15) is 0 Å². The normalized spacial score (nSPS) is 11.8. The van der Waals surface area contributed by atoms with Gasteiger partial charge in [-0.1, -0.05) is 54.6 Å². The van der Waals surface area contributed by atoms with Gasteiger partial charge in [-0.15, -0.1) is 24.0 Å². The summed E-state index contributed by atoms with van der Waals surface area (Å²) in [6, 6.07) is 17.8. The number of benzene rings is 2. The first-order chi connectivity index (χ1) is 13.9. The third kappa shape index (κ3) is 10.4. The highest BCUT2D eigenvalue weighted by Gasteiger charge is 2.12. The molecule has 0 saturated carbocycles. The molecule has 0 heterocycles. The van der Waals surface area contributed by atoms with Gasteiger partial charge in [-0.25, -0.2) is 18.1 Å². The number of hydrogen-bond acceptors (Lipinski definition) is 3. The quantitative estimate of drug-likeness (QED) is 0.243. The van der Waals surface area contributed by atoms with Crippen LogP contribution in [0.25, 0.3) is 0 Å². The lowest BCUT2D eigenvalue weighted by Crippen LogP contribution is -2.38. The summed E-state index contributed by atoms with van der Waals surface area (Å²) in [6.07, 6.45) is 0.929. The van der Waals surface area contributed by atoms with Crippen LogP contribution in [0, 0.1) is 0 Å². The number of halogens is 1. The van der Waals surface area contributed by atoms with Gasteiger partial charge in [0.1, 0.15) is 0 Å². The highest BCUT2D eigenvalue weighted by molar-refractivity contribution is 14.0. The van der Waals surface area contributed by atoms with Gasteiger partial charge in [0.05, 0.1) is 12.3 Å². The molecular formula is C22H33IN4O2S. The molecule has 0 aliphatic carbocycles. The van der Waals surface area contributed by atoms with Crippen molar-refractivity contribution in [3.05, 3.63) is 71.3 Å². The minimum absolute atomic E-state index is 0. The Morgan fingerprint density at radius 2 is 1.57 bits per heavy atom. The molecule has 2 rings (SSSR count). The molecule has 0 radical (unpaired) electrons. The Morgan fingerprint density at radius 3 is 2.17 bits per heavy atom. The van der Waals surface area contributed by atoms with Crippen molar-refractivity contribution in [3.8, 4) is 0 Å². The van der Waals surface area contributed by atoms with Crippen LogP contribution >= 0.6 is 24.0 Å². The predicted octanol–water partition coefficient (Wildman–Crippen LogP) is 3.43. The molecule has 0 unspecified atom stereocenters. The van der Waals surface area contributed by atoms with Crippen molar-refractivity contribution in [2.45, 2.75) is 45.5 Å². The van der Waals surface area contributed by atoms with E-state index >= 15 is 0 Å². The van der Waals surface area contributed by atoms with Crippen molar-refractivity contribution >= 4 is 40.0 Å². The van der Waals surface area contributed by atoms with Gasteiger partial charge >= 0.3 is 0 Å². The SMILES string of the molecule is CCNC(=NCc1ccc(CS(=O)(=O)NC(C)C)cc1)NCCc1ccccc1.I. The largest absolute Gasteiger partial charge is 0.357 e. The summed E-state index contributed by atoms with van der Waals surface area (Å²) >= 11 is 0. The van der Waals surface area contributed by atoms with Gasteiger partial charge in [0.2, 0.25) is 10.0 Å². The van der Waals surface area contributed by atoms with Crippen LogP contribution in [0.15, 0.2) is 59.6 Å². The predicted molar refractivity (Wildman–Crippen MR) is 136 cm³/mol. The Kier molecular flexibility index (Phi) is 12.0. The zero-order valence-electron chi connectivity index (χ0n) is 17.9. The van der Waals surface area contributed by atoms with E-state index in [1.807, 2.05) is 63.2 Å². The van der Waals surface area contributed by atoms with Crippen LogP contribution in [-0.2, 0) is 28.7 Å². The van der Waals surface area contributed by atoms with Crippen molar-refractivity contribution in [1.82, 2.24) is 15.4 Å². The Bertz CT molecular complexity index is 870. The number of aliphatic imine (C=N–C) groups is 1. The lowest BCUT2D eigenvalue weighted by molar-refractivity contribution is 0.569. The maximum atomic E-state index is 12.0. The molecule has 2 aromatic carbocycles. The minimum Gasteiger partial charge on any atom is -0.357 e. The van der Waals surface area contributed by atoms with Gasteiger partial charge in [-0.05, 0) is 43.9 Å². The van der Waals surface area contributed by atoms with Crippen LogP contribution in [0.1, 0.15) is 37.5 Å². The summed E-state index contributed by atoms with van der Waals surface area (Å²) in [5.41, 5.74) is 3.08. The van der Waals surface area contributed by atoms with Crippen molar-refractivity contribution in [1.29, 1.82) is 0 Å². The number of guanidine groups is 1. The molecule has 8 heteroatoms. The summed E-state index contributed by atoms with van der Waals surface area (Å²) in [5.74, 6) is 0.759. The molecule has 6 nitrogen and oxygen atoms in total. The fraction of sp³-hybridized carbons (Fsp3) is 0.409. The zero-order valence-corrected chi connectivity index (χ0v) is 21.0. The van der Waals surface area contributed by atoms with E-state index in [4.69, 9.17) is 0 Å². The first-order valence-electron chi connectivity index (χ1n) is 10.0. The van der Waals surface area contributed by atoms with Crippen LogP contribution in [0.3, 0.4) is 0 Å². The maximum Gasteiger partial charge on any atom is 0.216 e. The second kappa shape index (κ2) is 13.6. The van der Waals surface area contributed by atoms with Crippen molar-refractivity contribution in [3.63, 3.8) is 0 Å². The first-order valence-corrected chi connectivity index (χ1v) is 11.7. The second-order valence-electron chi connectivity index (χ2n) is 7.21. The molecule has 0 saturated heterocycles. The van der Waals surface area contributed by atoms with E-state index in [1.165, 1.54) is 5.56 Å². The van der Waals surface area contributed by atoms with E-state index in [1.54, 1.807) is 0 Å². The van der Waals surface area contributed by atoms with Crippen LogP contribution in [0.4, 0.5) is 0 Å². The van der Waals surface area contributed by atoms with E-state index in [2.05, 4.69) is 32.5 Å². The highest BCUT2D eigenvalue weighted by Crippen LogP contribution is 2.09. The Balaban J connectivity index is 0.00000450. The molecule has 0 aromatic heterocycles. The smallest absolute Gasteiger partial charge is 0.216 e. The van der Waals surface area contributed by atoms with Gasteiger partial charge in [0, 0.05) is 19.1 Å². The number of hydrogen-bond donors (Lipinski definition) is 3. The molecule has 30 heavy (non-hydrogen) atoms. The van der Waals surface area contributed by atoms with E-state index in [0.717, 1.165) is 36.6 Å². The number of nitrogens with zero attached hydrogens (tertiary/aromatic N) is 1. The Labute approximate surface area is 198 Å². The topological polar surface area (TPSA) is 82.6 Å². The van der Waals surface area contributed by atoms with Gasteiger partial charge < -0.3 is 10.6 Å². The van der Waals surface area contributed by atoms with E-state index in [0.29, 0.717) is 6.54 Å². The van der Waals surface area contributed by atoms with Crippen LogP contribution in [-0.4, -0.2) is 33.5 Å². The molecule has 0 amide bonds. The first kappa shape index (κ1) is 26.4. The molecule has 0 fully saturated rings. The molecule has 0 aliphatic rings. The average molecular weight is 545 g/mol. The monoisotopic (exact) mass is 544 g/mol. The zero-order chi connectivity index (χ0) is 21.1. The number of nitrogens with one attached hydrogen (secondary N) is 3. The third-order valence-corrected chi connectivity index (χ3v) is 5.65. The summed E-state index contributed by atoms with van der Waals surface area (Å²) in [5, 5.41) is 6.60. The van der Waals surface area contributed by atoms with Crippen LogP contribution in [0.5, 0.6) is 0 Å². The fourth-order valence-corrected chi connectivity index (χ4v) is 4.28. The van der Waals surface area contributed by atoms with E-state index < -0.39 is 10.0 Å². The standard InChI is InChI=1S/C22H32N4O2S.HI/c1-4-23-22(24-15-14-19-8-6-5-7-9-19)25-16-20-10-12-21(13-11-20)17-29(27,28)26-18(2)3;/h5-13,18,26H,4,14-17H2,1-3H3,(H2,23,24,25);1H. The molecular weight excluding hydrogens is 511 g/mol. The molecule has 2 aromatic rings. The lowest BCUT2D eigenvalue weighted by atomic mass is 10.1. The van der Waals surface area contributed by atoms with E-state index in [-0.39, 0.29) is 35.8 Å². The van der Waals surface area contributed by atoms with Crippen LogP contribution in [0.2, 0.25) is 0 Å².